The topological polar surface area (TPSA) is 9.86 Å². The molecule has 0 amide bonds. The molecule has 51 heavy (non-hydrogen) atoms. The van der Waals surface area contributed by atoms with Gasteiger partial charge in [-0.2, -0.15) is 0 Å². The van der Waals surface area contributed by atoms with E-state index >= 15 is 0 Å². The van der Waals surface area contributed by atoms with Crippen molar-refractivity contribution in [3.05, 3.63) is 182 Å². The molecule has 238 valence electrons. The fourth-order valence-corrected chi connectivity index (χ4v) is 9.53. The normalized spacial score (nSPS) is 11.9. The van der Waals surface area contributed by atoms with Crippen LogP contribution in [-0.4, -0.2) is 9.13 Å². The van der Waals surface area contributed by atoms with Crippen LogP contribution in [0.3, 0.4) is 0 Å². The first kappa shape index (κ1) is 28.4. The van der Waals surface area contributed by atoms with Gasteiger partial charge in [-0.3, -0.25) is 0 Å². The summed E-state index contributed by atoms with van der Waals surface area (Å²) in [6, 6.07) is 66.5. The van der Waals surface area contributed by atoms with Crippen molar-refractivity contribution in [2.24, 2.45) is 0 Å². The molecule has 0 atom stereocenters. The van der Waals surface area contributed by atoms with Crippen LogP contribution in [0.1, 0.15) is 0 Å². The Morgan fingerprint density at radius 1 is 0.314 bits per heavy atom. The first-order valence-corrected chi connectivity index (χ1v) is 18.3. The van der Waals surface area contributed by atoms with Crippen molar-refractivity contribution in [1.29, 1.82) is 0 Å². The molecule has 0 bridgehead atoms. The summed E-state index contributed by atoms with van der Waals surface area (Å²) >= 11 is 1.89. The molecule has 0 N–H and O–H groups in total. The number of thiophene rings is 1. The maximum absolute atomic E-state index is 2.40. The molecule has 0 unspecified atom stereocenters. The highest BCUT2D eigenvalue weighted by atomic mass is 32.1. The highest BCUT2D eigenvalue weighted by Gasteiger charge is 2.19. The van der Waals surface area contributed by atoms with E-state index < -0.39 is 0 Å². The zero-order valence-electron chi connectivity index (χ0n) is 27.6. The Kier molecular flexibility index (Phi) is 6.16. The molecule has 0 fully saturated rings. The van der Waals surface area contributed by atoms with Crippen LogP contribution in [-0.2, 0) is 0 Å². The minimum atomic E-state index is 1.18. The first-order valence-electron chi connectivity index (χ1n) is 17.4. The molecule has 11 rings (SSSR count). The van der Waals surface area contributed by atoms with Crippen LogP contribution in [0.5, 0.6) is 0 Å². The Balaban J connectivity index is 1.08. The molecule has 0 saturated heterocycles. The molecule has 2 nitrogen and oxygen atoms in total. The summed E-state index contributed by atoms with van der Waals surface area (Å²) in [5.41, 5.74) is 12.3. The Morgan fingerprint density at radius 2 is 0.725 bits per heavy atom. The van der Waals surface area contributed by atoms with Crippen LogP contribution < -0.4 is 0 Å². The molecule has 3 heteroatoms. The lowest BCUT2D eigenvalue weighted by Crippen LogP contribution is -1.92. The number of benzene rings is 8. The zero-order chi connectivity index (χ0) is 33.5. The van der Waals surface area contributed by atoms with Gasteiger partial charge in [0, 0.05) is 53.1 Å². The smallest absolute Gasteiger partial charge is 0.0547 e. The van der Waals surface area contributed by atoms with Crippen LogP contribution in [0, 0.1) is 0 Å². The summed E-state index contributed by atoms with van der Waals surface area (Å²) < 4.78 is 7.40. The van der Waals surface area contributed by atoms with Crippen molar-refractivity contribution >= 4 is 75.1 Å². The number of hydrogen-bond acceptors (Lipinski definition) is 1. The molecule has 3 heterocycles. The van der Waals surface area contributed by atoms with Crippen LogP contribution in [0.25, 0.3) is 97.4 Å². The molecule has 0 aliphatic rings. The predicted molar refractivity (Wildman–Crippen MR) is 219 cm³/mol. The monoisotopic (exact) mass is 666 g/mol. The van der Waals surface area contributed by atoms with Gasteiger partial charge >= 0.3 is 0 Å². The quantitative estimate of drug-likeness (QED) is 0.177. The van der Waals surface area contributed by atoms with Gasteiger partial charge in [0.2, 0.25) is 0 Å². The number of hydrogen-bond donors (Lipinski definition) is 0. The summed E-state index contributed by atoms with van der Waals surface area (Å²) in [6.45, 7) is 0. The van der Waals surface area contributed by atoms with Crippen LogP contribution in [0.2, 0.25) is 0 Å². The van der Waals surface area contributed by atoms with Gasteiger partial charge in [0.25, 0.3) is 0 Å². The summed E-state index contributed by atoms with van der Waals surface area (Å²) in [5, 5.41) is 7.75. The predicted octanol–water partition coefficient (Wildman–Crippen LogP) is 13.6. The SMILES string of the molecule is c1ccc(-n2c3ccccc3c3c(-c4ccc5c(c4)sc4cc(-c6cccc7c6c6ccccc6n7-c6ccccc6)ccc45)cccc32)cc1. The maximum atomic E-state index is 2.40. The summed E-state index contributed by atoms with van der Waals surface area (Å²) in [7, 11) is 0. The molecule has 0 aliphatic carbocycles. The average Bonchev–Trinajstić information content (AvgIpc) is 3.85. The number of fused-ring (bicyclic) bond motifs is 9. The first-order chi connectivity index (χ1) is 25.3. The van der Waals surface area contributed by atoms with E-state index in [0.717, 1.165) is 0 Å². The van der Waals surface area contributed by atoms with E-state index in [2.05, 4.69) is 191 Å². The molecule has 0 spiro atoms. The summed E-state index contributed by atoms with van der Waals surface area (Å²) in [5.74, 6) is 0. The van der Waals surface area contributed by atoms with E-state index in [1.165, 1.54) is 97.4 Å². The van der Waals surface area contributed by atoms with E-state index in [9.17, 15) is 0 Å². The zero-order valence-corrected chi connectivity index (χ0v) is 28.4. The number of para-hydroxylation sites is 4. The van der Waals surface area contributed by atoms with Crippen LogP contribution in [0.4, 0.5) is 0 Å². The lowest BCUT2D eigenvalue weighted by Gasteiger charge is -2.09. The van der Waals surface area contributed by atoms with Gasteiger partial charge in [0.15, 0.2) is 0 Å². The van der Waals surface area contributed by atoms with E-state index in [1.807, 2.05) is 11.3 Å². The minimum Gasteiger partial charge on any atom is -0.309 e. The van der Waals surface area contributed by atoms with Gasteiger partial charge < -0.3 is 9.13 Å². The van der Waals surface area contributed by atoms with Gasteiger partial charge in [-0.15, -0.1) is 11.3 Å². The van der Waals surface area contributed by atoms with Gasteiger partial charge in [-0.05, 0) is 82.9 Å². The van der Waals surface area contributed by atoms with E-state index in [1.54, 1.807) is 0 Å². The number of rotatable bonds is 4. The molecule has 11 aromatic rings. The van der Waals surface area contributed by atoms with Crippen LogP contribution in [0.15, 0.2) is 182 Å². The van der Waals surface area contributed by atoms with Crippen molar-refractivity contribution in [3.63, 3.8) is 0 Å². The van der Waals surface area contributed by atoms with Crippen molar-refractivity contribution in [3.8, 4) is 33.6 Å². The lowest BCUT2D eigenvalue weighted by molar-refractivity contribution is 1.18. The Hall–Kier alpha value is -6.42. The second-order valence-corrected chi connectivity index (χ2v) is 14.4. The molecule has 3 aromatic heterocycles. The fraction of sp³-hybridized carbons (Fsp3) is 0. The van der Waals surface area contributed by atoms with Crippen molar-refractivity contribution in [2.75, 3.05) is 0 Å². The van der Waals surface area contributed by atoms with E-state index in [-0.39, 0.29) is 0 Å². The third-order valence-corrected chi connectivity index (χ3v) is 11.6. The minimum absolute atomic E-state index is 1.18. The Labute approximate surface area is 298 Å². The highest BCUT2D eigenvalue weighted by Crippen LogP contribution is 2.44. The maximum Gasteiger partial charge on any atom is 0.0547 e. The number of nitrogens with zero attached hydrogens (tertiary/aromatic N) is 2. The lowest BCUT2D eigenvalue weighted by atomic mass is 9.97. The molecule has 8 aromatic carbocycles. The summed E-state index contributed by atoms with van der Waals surface area (Å²) in [6.07, 6.45) is 0. The van der Waals surface area contributed by atoms with Gasteiger partial charge in [-0.25, -0.2) is 0 Å². The molecular weight excluding hydrogens is 637 g/mol. The van der Waals surface area contributed by atoms with E-state index in [4.69, 9.17) is 0 Å². The third kappa shape index (κ3) is 4.22. The largest absolute Gasteiger partial charge is 0.309 e. The molecule has 0 saturated carbocycles. The van der Waals surface area contributed by atoms with Gasteiger partial charge in [0.1, 0.15) is 0 Å². The molecule has 0 radical (unpaired) electrons. The second kappa shape index (κ2) is 11.0. The second-order valence-electron chi connectivity index (χ2n) is 13.3. The standard InChI is InChI=1S/C48H30N2S/c1-3-13-33(14-4-1)49-41-21-9-7-17-39(41)47-35(19-11-23-43(47)49)31-25-27-37-38-28-26-32(30-46(38)51-45(37)29-31)36-20-12-24-44-48(36)40-18-8-10-22-42(40)50(44)34-15-5-2-6-16-34/h1-30H. The number of aromatic nitrogens is 2. The summed E-state index contributed by atoms with van der Waals surface area (Å²) in [4.78, 5) is 0. The molecule has 0 aliphatic heterocycles. The van der Waals surface area contributed by atoms with Crippen LogP contribution >= 0.6 is 11.3 Å². The van der Waals surface area contributed by atoms with Crippen molar-refractivity contribution in [1.82, 2.24) is 9.13 Å². The van der Waals surface area contributed by atoms with E-state index in [0.29, 0.717) is 0 Å². The Bertz CT molecular complexity index is 2910. The Morgan fingerprint density at radius 3 is 1.20 bits per heavy atom. The van der Waals surface area contributed by atoms with Crippen molar-refractivity contribution in [2.45, 2.75) is 0 Å². The fourth-order valence-electron chi connectivity index (χ4n) is 8.34. The van der Waals surface area contributed by atoms with Gasteiger partial charge in [0.05, 0.1) is 22.1 Å². The molecular formula is C48H30N2S. The average molecular weight is 667 g/mol. The third-order valence-electron chi connectivity index (χ3n) is 10.5. The highest BCUT2D eigenvalue weighted by molar-refractivity contribution is 7.25. The van der Waals surface area contributed by atoms with Crippen molar-refractivity contribution < 1.29 is 0 Å². The van der Waals surface area contributed by atoms with Gasteiger partial charge in [-0.1, -0.05) is 121 Å².